The minimum absolute atomic E-state index is 0.0780. The molecule has 0 saturated carbocycles. The van der Waals surface area contributed by atoms with Crippen LogP contribution in [-0.4, -0.2) is 29.9 Å². The molecule has 0 spiro atoms. The number of likely N-dealkylation sites (tertiary alicyclic amines) is 1. The largest absolute Gasteiger partial charge is 0.334 e. The molecule has 4 heteroatoms. The minimum Gasteiger partial charge on any atom is -0.334 e. The summed E-state index contributed by atoms with van der Waals surface area (Å²) in [5.74, 6) is 0.316. The zero-order chi connectivity index (χ0) is 11.7. The van der Waals surface area contributed by atoms with Gasteiger partial charge in [0.1, 0.15) is 0 Å². The van der Waals surface area contributed by atoms with Crippen LogP contribution in [0.4, 0.5) is 0 Å². The van der Waals surface area contributed by atoms with Gasteiger partial charge < -0.3 is 10.2 Å². The second-order valence-electron chi connectivity index (χ2n) is 4.90. The van der Waals surface area contributed by atoms with Crippen LogP contribution in [0.25, 0.3) is 0 Å². The Hall–Kier alpha value is -0.870. The zero-order valence-corrected chi connectivity index (χ0v) is 10.7. The lowest BCUT2D eigenvalue weighted by Crippen LogP contribution is -2.43. The lowest BCUT2D eigenvalue weighted by atomic mass is 10.1. The van der Waals surface area contributed by atoms with Crippen molar-refractivity contribution in [2.75, 3.05) is 13.1 Å². The molecule has 1 N–H and O–H groups in total. The van der Waals surface area contributed by atoms with Crippen molar-refractivity contribution in [1.29, 1.82) is 0 Å². The molecular formula is C13H18N2OS. The molecule has 3 rings (SSSR count). The van der Waals surface area contributed by atoms with E-state index in [9.17, 15) is 4.79 Å². The Morgan fingerprint density at radius 2 is 2.35 bits per heavy atom. The van der Waals surface area contributed by atoms with Crippen molar-refractivity contribution in [3.05, 3.63) is 22.4 Å². The predicted molar refractivity (Wildman–Crippen MR) is 69.0 cm³/mol. The Bertz CT molecular complexity index is 384. The Kier molecular flexibility index (Phi) is 3.16. The highest BCUT2D eigenvalue weighted by Gasteiger charge is 2.34. The molecule has 0 aliphatic carbocycles. The van der Waals surface area contributed by atoms with Crippen molar-refractivity contribution in [1.82, 2.24) is 10.2 Å². The van der Waals surface area contributed by atoms with Crippen molar-refractivity contribution >= 4 is 17.2 Å². The SMILES string of the molecule is O=C([C@H]1CCCN1)N1CCCC1c1ccsc1. The van der Waals surface area contributed by atoms with E-state index in [0.717, 1.165) is 38.8 Å². The van der Waals surface area contributed by atoms with Crippen LogP contribution in [0.1, 0.15) is 37.3 Å². The molecule has 0 bridgehead atoms. The van der Waals surface area contributed by atoms with Gasteiger partial charge in [0.2, 0.25) is 5.91 Å². The number of hydrogen-bond donors (Lipinski definition) is 1. The molecule has 17 heavy (non-hydrogen) atoms. The lowest BCUT2D eigenvalue weighted by molar-refractivity contribution is -0.134. The van der Waals surface area contributed by atoms with E-state index in [1.807, 2.05) is 0 Å². The van der Waals surface area contributed by atoms with Crippen molar-refractivity contribution in [3.8, 4) is 0 Å². The number of rotatable bonds is 2. The van der Waals surface area contributed by atoms with Gasteiger partial charge in [0.05, 0.1) is 12.1 Å². The summed E-state index contributed by atoms with van der Waals surface area (Å²) < 4.78 is 0. The van der Waals surface area contributed by atoms with Gasteiger partial charge in [0.25, 0.3) is 0 Å². The van der Waals surface area contributed by atoms with Gasteiger partial charge in [-0.3, -0.25) is 4.79 Å². The number of amides is 1. The molecule has 3 nitrogen and oxygen atoms in total. The van der Waals surface area contributed by atoms with E-state index in [1.54, 1.807) is 11.3 Å². The van der Waals surface area contributed by atoms with Gasteiger partial charge in [-0.1, -0.05) is 0 Å². The Morgan fingerprint density at radius 3 is 3.06 bits per heavy atom. The van der Waals surface area contributed by atoms with Crippen LogP contribution in [0, 0.1) is 0 Å². The summed E-state index contributed by atoms with van der Waals surface area (Å²) >= 11 is 1.72. The summed E-state index contributed by atoms with van der Waals surface area (Å²) in [6.07, 6.45) is 4.40. The standard InChI is InChI=1S/C13H18N2OS/c16-13(11-3-1-6-14-11)15-7-2-4-12(15)10-5-8-17-9-10/h5,8-9,11-12,14H,1-4,6-7H2/t11-,12?/m1/s1. The van der Waals surface area contributed by atoms with E-state index in [2.05, 4.69) is 27.0 Å². The first-order valence-corrected chi connectivity index (χ1v) is 7.36. The first-order chi connectivity index (χ1) is 8.36. The average molecular weight is 250 g/mol. The van der Waals surface area contributed by atoms with Gasteiger partial charge in [-0.05, 0) is 54.6 Å². The van der Waals surface area contributed by atoms with E-state index in [4.69, 9.17) is 0 Å². The maximum Gasteiger partial charge on any atom is 0.240 e. The van der Waals surface area contributed by atoms with Gasteiger partial charge in [-0.2, -0.15) is 11.3 Å². The van der Waals surface area contributed by atoms with Crippen LogP contribution < -0.4 is 5.32 Å². The number of thiophene rings is 1. The molecule has 1 aromatic rings. The highest BCUT2D eigenvalue weighted by atomic mass is 32.1. The van der Waals surface area contributed by atoms with E-state index in [0.29, 0.717) is 11.9 Å². The Morgan fingerprint density at radius 1 is 1.41 bits per heavy atom. The molecular weight excluding hydrogens is 232 g/mol. The first kappa shape index (κ1) is 11.2. The quantitative estimate of drug-likeness (QED) is 0.872. The molecule has 1 unspecified atom stereocenters. The molecule has 0 radical (unpaired) electrons. The van der Waals surface area contributed by atoms with E-state index >= 15 is 0 Å². The zero-order valence-electron chi connectivity index (χ0n) is 9.89. The van der Waals surface area contributed by atoms with Crippen molar-refractivity contribution in [2.45, 2.75) is 37.8 Å². The van der Waals surface area contributed by atoms with Crippen molar-refractivity contribution in [3.63, 3.8) is 0 Å². The third kappa shape index (κ3) is 2.11. The summed E-state index contributed by atoms with van der Waals surface area (Å²) in [6.45, 7) is 1.92. The van der Waals surface area contributed by atoms with Gasteiger partial charge in [-0.15, -0.1) is 0 Å². The second kappa shape index (κ2) is 4.78. The van der Waals surface area contributed by atoms with Crippen LogP contribution in [0.5, 0.6) is 0 Å². The Balaban J connectivity index is 1.75. The van der Waals surface area contributed by atoms with Crippen LogP contribution in [-0.2, 0) is 4.79 Å². The maximum atomic E-state index is 12.4. The fourth-order valence-corrected chi connectivity index (χ4v) is 3.64. The number of carbonyl (C=O) groups excluding carboxylic acids is 1. The first-order valence-electron chi connectivity index (χ1n) is 6.42. The summed E-state index contributed by atoms with van der Waals surface area (Å²) in [5.41, 5.74) is 1.32. The van der Waals surface area contributed by atoms with Crippen LogP contribution in [0.2, 0.25) is 0 Å². The van der Waals surface area contributed by atoms with Crippen molar-refractivity contribution < 1.29 is 4.79 Å². The molecule has 1 amide bonds. The molecule has 2 atom stereocenters. The summed E-state index contributed by atoms with van der Waals surface area (Å²) in [5, 5.41) is 7.59. The van der Waals surface area contributed by atoms with Crippen molar-refractivity contribution in [2.24, 2.45) is 0 Å². The molecule has 2 aliphatic heterocycles. The third-order valence-corrected chi connectivity index (χ3v) is 4.52. The van der Waals surface area contributed by atoms with Gasteiger partial charge in [0, 0.05) is 6.54 Å². The number of carbonyl (C=O) groups is 1. The molecule has 2 fully saturated rings. The summed E-state index contributed by atoms with van der Waals surface area (Å²) in [7, 11) is 0. The van der Waals surface area contributed by atoms with Gasteiger partial charge in [0.15, 0.2) is 0 Å². The molecule has 3 heterocycles. The normalized spacial score (nSPS) is 28.8. The summed E-state index contributed by atoms with van der Waals surface area (Å²) in [4.78, 5) is 14.5. The molecule has 92 valence electrons. The fraction of sp³-hybridized carbons (Fsp3) is 0.615. The monoisotopic (exact) mass is 250 g/mol. The second-order valence-corrected chi connectivity index (χ2v) is 5.68. The predicted octanol–water partition coefficient (Wildman–Crippen LogP) is 2.16. The number of nitrogens with one attached hydrogen (secondary N) is 1. The van der Waals surface area contributed by atoms with E-state index in [1.165, 1.54) is 5.56 Å². The van der Waals surface area contributed by atoms with Gasteiger partial charge in [-0.25, -0.2) is 0 Å². The average Bonchev–Trinajstić information content (AvgIpc) is 3.09. The molecule has 2 saturated heterocycles. The highest BCUT2D eigenvalue weighted by Crippen LogP contribution is 2.33. The highest BCUT2D eigenvalue weighted by molar-refractivity contribution is 7.07. The fourth-order valence-electron chi connectivity index (χ4n) is 2.94. The van der Waals surface area contributed by atoms with E-state index in [-0.39, 0.29) is 6.04 Å². The molecule has 0 aromatic carbocycles. The van der Waals surface area contributed by atoms with Crippen LogP contribution in [0.3, 0.4) is 0 Å². The lowest BCUT2D eigenvalue weighted by Gasteiger charge is -2.27. The summed E-state index contributed by atoms with van der Waals surface area (Å²) in [6, 6.07) is 2.56. The number of nitrogens with zero attached hydrogens (tertiary/aromatic N) is 1. The Labute approximate surface area is 106 Å². The smallest absolute Gasteiger partial charge is 0.240 e. The topological polar surface area (TPSA) is 32.3 Å². The molecule has 1 aromatic heterocycles. The maximum absolute atomic E-state index is 12.4. The number of hydrogen-bond acceptors (Lipinski definition) is 3. The van der Waals surface area contributed by atoms with Crippen LogP contribution in [0.15, 0.2) is 16.8 Å². The van der Waals surface area contributed by atoms with E-state index < -0.39 is 0 Å². The van der Waals surface area contributed by atoms with Crippen LogP contribution >= 0.6 is 11.3 Å². The molecule has 2 aliphatic rings. The third-order valence-electron chi connectivity index (χ3n) is 3.82. The van der Waals surface area contributed by atoms with Gasteiger partial charge >= 0.3 is 0 Å². The minimum atomic E-state index is 0.0780.